The van der Waals surface area contributed by atoms with Gasteiger partial charge in [-0.1, -0.05) is 35.9 Å². The van der Waals surface area contributed by atoms with Crippen LogP contribution < -0.4 is 10.7 Å². The number of carbonyl (C=O) groups is 1. The first kappa shape index (κ1) is 20.9. The van der Waals surface area contributed by atoms with Gasteiger partial charge < -0.3 is 9.88 Å². The number of hydrogen-bond donors (Lipinski definition) is 1. The highest BCUT2D eigenvalue weighted by atomic mass is 35.5. The van der Waals surface area contributed by atoms with Crippen LogP contribution in [0.5, 0.6) is 0 Å². The number of pyridine rings is 1. The Morgan fingerprint density at radius 2 is 1.86 bits per heavy atom. The Morgan fingerprint density at radius 1 is 1.14 bits per heavy atom. The molecule has 0 atom stereocenters. The second-order valence-electron chi connectivity index (χ2n) is 6.45. The smallest absolute Gasteiger partial charge is 0.352 e. The SMILES string of the molecule is CCn1cc(C(=O)NCCc2ccccc2Cl)c(=O)c2cccc(C(F)(F)F)c21. The fourth-order valence-corrected chi connectivity index (χ4v) is 3.44. The zero-order valence-electron chi connectivity index (χ0n) is 15.5. The third-order valence-corrected chi connectivity index (χ3v) is 4.99. The van der Waals surface area contributed by atoms with E-state index >= 15 is 0 Å². The molecule has 29 heavy (non-hydrogen) atoms. The highest BCUT2D eigenvalue weighted by Crippen LogP contribution is 2.34. The van der Waals surface area contributed by atoms with Gasteiger partial charge in [-0.15, -0.1) is 0 Å². The molecule has 0 fully saturated rings. The van der Waals surface area contributed by atoms with E-state index in [1.54, 1.807) is 19.1 Å². The molecule has 0 saturated carbocycles. The number of aromatic nitrogens is 1. The predicted octanol–water partition coefficient (Wildman–Crippen LogP) is 4.67. The summed E-state index contributed by atoms with van der Waals surface area (Å²) in [5.41, 5.74) is -1.21. The highest BCUT2D eigenvalue weighted by Gasteiger charge is 2.34. The summed E-state index contributed by atoms with van der Waals surface area (Å²) < 4.78 is 41.4. The second kappa shape index (κ2) is 8.29. The van der Waals surface area contributed by atoms with Gasteiger partial charge >= 0.3 is 6.18 Å². The van der Waals surface area contributed by atoms with E-state index in [1.165, 1.54) is 22.9 Å². The van der Waals surface area contributed by atoms with Gasteiger partial charge in [0.1, 0.15) is 5.56 Å². The number of fused-ring (bicyclic) bond motifs is 1. The number of nitrogens with zero attached hydrogens (tertiary/aromatic N) is 1. The average Bonchev–Trinajstić information content (AvgIpc) is 2.68. The third kappa shape index (κ3) is 4.29. The maximum Gasteiger partial charge on any atom is 0.418 e. The number of halogens is 4. The molecular weight excluding hydrogens is 405 g/mol. The van der Waals surface area contributed by atoms with E-state index in [0.717, 1.165) is 11.6 Å². The van der Waals surface area contributed by atoms with Crippen LogP contribution in [-0.4, -0.2) is 17.0 Å². The topological polar surface area (TPSA) is 51.1 Å². The molecule has 0 radical (unpaired) electrons. The van der Waals surface area contributed by atoms with E-state index in [-0.39, 0.29) is 29.6 Å². The van der Waals surface area contributed by atoms with Gasteiger partial charge in [-0.25, -0.2) is 0 Å². The lowest BCUT2D eigenvalue weighted by Gasteiger charge is -2.16. The van der Waals surface area contributed by atoms with Crippen molar-refractivity contribution in [2.75, 3.05) is 6.54 Å². The lowest BCUT2D eigenvalue weighted by atomic mass is 10.1. The van der Waals surface area contributed by atoms with Crippen LogP contribution in [0.15, 0.2) is 53.5 Å². The molecule has 2 aromatic carbocycles. The molecule has 1 heterocycles. The van der Waals surface area contributed by atoms with Crippen molar-refractivity contribution in [1.29, 1.82) is 0 Å². The van der Waals surface area contributed by atoms with Crippen LogP contribution in [0.3, 0.4) is 0 Å². The number of aryl methyl sites for hydroxylation is 1. The number of rotatable bonds is 5. The summed E-state index contributed by atoms with van der Waals surface area (Å²) >= 11 is 6.08. The molecule has 1 aromatic heterocycles. The largest absolute Gasteiger partial charge is 0.418 e. The first-order valence-corrected chi connectivity index (χ1v) is 9.36. The maximum atomic E-state index is 13.4. The molecule has 0 bridgehead atoms. The molecule has 3 rings (SSSR count). The third-order valence-electron chi connectivity index (χ3n) is 4.63. The van der Waals surface area contributed by atoms with E-state index in [4.69, 9.17) is 11.6 Å². The minimum Gasteiger partial charge on any atom is -0.352 e. The van der Waals surface area contributed by atoms with Crippen molar-refractivity contribution < 1.29 is 18.0 Å². The Hall–Kier alpha value is -2.80. The molecule has 0 aliphatic heterocycles. The molecule has 1 N–H and O–H groups in total. The summed E-state index contributed by atoms with van der Waals surface area (Å²) in [6.45, 7) is 2.05. The highest BCUT2D eigenvalue weighted by molar-refractivity contribution is 6.31. The maximum absolute atomic E-state index is 13.4. The van der Waals surface area contributed by atoms with E-state index in [1.807, 2.05) is 12.1 Å². The Bertz CT molecular complexity index is 1120. The monoisotopic (exact) mass is 422 g/mol. The molecular formula is C21H18ClF3N2O2. The first-order chi connectivity index (χ1) is 13.7. The molecule has 1 amide bonds. The normalized spacial score (nSPS) is 11.6. The standard InChI is InChI=1S/C21H18ClF3N2O2/c1-2-27-12-15(20(29)26-11-10-13-6-3-4-9-17(13)22)19(28)14-7-5-8-16(18(14)27)21(23,24)25/h3-9,12H,2,10-11H2,1H3,(H,26,29). The Kier molecular flexibility index (Phi) is 5.98. The number of amides is 1. The molecule has 152 valence electrons. The van der Waals surface area contributed by atoms with Crippen molar-refractivity contribution in [2.45, 2.75) is 26.1 Å². The van der Waals surface area contributed by atoms with E-state index in [2.05, 4.69) is 5.32 Å². The van der Waals surface area contributed by atoms with E-state index in [0.29, 0.717) is 11.4 Å². The molecule has 3 aromatic rings. The molecule has 0 unspecified atom stereocenters. The fraction of sp³-hybridized carbons (Fsp3) is 0.238. The fourth-order valence-electron chi connectivity index (χ4n) is 3.21. The van der Waals surface area contributed by atoms with Gasteiger partial charge in [0.2, 0.25) is 5.43 Å². The van der Waals surface area contributed by atoms with Crippen LogP contribution in [0.2, 0.25) is 5.02 Å². The van der Waals surface area contributed by atoms with Crippen molar-refractivity contribution in [3.63, 3.8) is 0 Å². The van der Waals surface area contributed by atoms with Crippen molar-refractivity contribution in [1.82, 2.24) is 9.88 Å². The Labute approximate surface area is 169 Å². The first-order valence-electron chi connectivity index (χ1n) is 8.99. The number of alkyl halides is 3. The number of para-hydroxylation sites is 1. The molecule has 0 aliphatic rings. The molecule has 8 heteroatoms. The van der Waals surface area contributed by atoms with Gasteiger partial charge in [-0.3, -0.25) is 9.59 Å². The summed E-state index contributed by atoms with van der Waals surface area (Å²) in [5, 5.41) is 3.07. The van der Waals surface area contributed by atoms with Crippen LogP contribution in [0, 0.1) is 0 Å². The number of benzene rings is 2. The minimum absolute atomic E-state index is 0.138. The van der Waals surface area contributed by atoms with Crippen molar-refractivity contribution in [3.8, 4) is 0 Å². The Balaban J connectivity index is 1.94. The van der Waals surface area contributed by atoms with E-state index < -0.39 is 23.1 Å². The van der Waals surface area contributed by atoms with Crippen molar-refractivity contribution in [3.05, 3.63) is 80.6 Å². The lowest BCUT2D eigenvalue weighted by Crippen LogP contribution is -2.31. The number of hydrogen-bond acceptors (Lipinski definition) is 2. The molecule has 0 aliphatic carbocycles. The minimum atomic E-state index is -4.61. The Morgan fingerprint density at radius 3 is 2.52 bits per heavy atom. The zero-order valence-corrected chi connectivity index (χ0v) is 16.3. The van der Waals surface area contributed by atoms with Crippen LogP contribution >= 0.6 is 11.6 Å². The zero-order chi connectivity index (χ0) is 21.2. The molecule has 4 nitrogen and oxygen atoms in total. The van der Waals surface area contributed by atoms with Crippen LogP contribution in [0.1, 0.15) is 28.4 Å². The number of nitrogens with one attached hydrogen (secondary N) is 1. The lowest BCUT2D eigenvalue weighted by molar-refractivity contribution is -0.136. The van der Waals surface area contributed by atoms with Crippen LogP contribution in [0.4, 0.5) is 13.2 Å². The number of carbonyl (C=O) groups excluding carboxylic acids is 1. The van der Waals surface area contributed by atoms with Gasteiger partial charge in [0.05, 0.1) is 11.1 Å². The summed E-state index contributed by atoms with van der Waals surface area (Å²) in [6.07, 6.45) is -2.97. The van der Waals surface area contributed by atoms with Crippen molar-refractivity contribution in [2.24, 2.45) is 0 Å². The van der Waals surface area contributed by atoms with E-state index in [9.17, 15) is 22.8 Å². The second-order valence-corrected chi connectivity index (χ2v) is 6.86. The summed E-state index contributed by atoms with van der Waals surface area (Å²) in [5.74, 6) is -0.636. The quantitative estimate of drug-likeness (QED) is 0.649. The van der Waals surface area contributed by atoms with Crippen molar-refractivity contribution >= 4 is 28.4 Å². The molecule has 0 saturated heterocycles. The summed E-state index contributed by atoms with van der Waals surface area (Å²) in [7, 11) is 0. The van der Waals surface area contributed by atoms with Crippen LogP contribution in [-0.2, 0) is 19.1 Å². The van der Waals surface area contributed by atoms with Gasteiger partial charge in [0, 0.05) is 29.7 Å². The van der Waals surface area contributed by atoms with Gasteiger partial charge in [-0.05, 0) is 37.1 Å². The predicted molar refractivity (Wildman–Crippen MR) is 106 cm³/mol. The van der Waals surface area contributed by atoms with Gasteiger partial charge in [0.15, 0.2) is 0 Å². The van der Waals surface area contributed by atoms with Gasteiger partial charge in [-0.2, -0.15) is 13.2 Å². The average molecular weight is 423 g/mol. The van der Waals surface area contributed by atoms with Gasteiger partial charge in [0.25, 0.3) is 5.91 Å². The summed E-state index contributed by atoms with van der Waals surface area (Å²) in [4.78, 5) is 25.3. The summed E-state index contributed by atoms with van der Waals surface area (Å²) in [6, 6.07) is 10.6. The van der Waals surface area contributed by atoms with Crippen LogP contribution in [0.25, 0.3) is 10.9 Å². The molecule has 0 spiro atoms.